The minimum Gasteiger partial charge on any atom is -0.497 e. The molecule has 3 rings (SSSR count). The topological polar surface area (TPSA) is 18.5 Å². The molecule has 0 aliphatic rings. The molecule has 0 unspecified atom stereocenters. The van der Waals surface area contributed by atoms with Crippen LogP contribution in [0.2, 0.25) is 0 Å². The first kappa shape index (κ1) is 12.5. The third-order valence-corrected chi connectivity index (χ3v) is 3.27. The summed E-state index contributed by atoms with van der Waals surface area (Å²) >= 11 is 0. The van der Waals surface area contributed by atoms with Crippen molar-refractivity contribution >= 4 is 10.8 Å². The Morgan fingerprint density at radius 1 is 0.750 bits per heavy atom. The van der Waals surface area contributed by atoms with Gasteiger partial charge in [0.1, 0.15) is 18.1 Å². The number of hydrogen-bond donors (Lipinski definition) is 0. The van der Waals surface area contributed by atoms with Crippen molar-refractivity contribution in [2.45, 2.75) is 6.61 Å². The molecule has 0 radical (unpaired) electrons. The standard InChI is InChI=1S/C18H16O2/c1-19-17-9-7-16-12-18(10-8-15(16)11-17)20-13-14-5-3-2-4-6-14/h2-12H,13H2,1H3. The van der Waals surface area contributed by atoms with E-state index in [1.807, 2.05) is 42.5 Å². The molecular formula is C18H16O2. The minimum atomic E-state index is 0.586. The largest absolute Gasteiger partial charge is 0.497 e. The van der Waals surface area contributed by atoms with Crippen LogP contribution in [0.5, 0.6) is 11.5 Å². The van der Waals surface area contributed by atoms with E-state index >= 15 is 0 Å². The van der Waals surface area contributed by atoms with Crippen LogP contribution in [-0.2, 0) is 6.61 Å². The van der Waals surface area contributed by atoms with Gasteiger partial charge in [0.2, 0.25) is 0 Å². The molecule has 0 aliphatic heterocycles. The van der Waals surface area contributed by atoms with Crippen LogP contribution in [0, 0.1) is 0 Å². The maximum atomic E-state index is 5.83. The summed E-state index contributed by atoms with van der Waals surface area (Å²) in [7, 11) is 1.68. The molecule has 20 heavy (non-hydrogen) atoms. The fraction of sp³-hybridized carbons (Fsp3) is 0.111. The first-order valence-electron chi connectivity index (χ1n) is 6.60. The predicted octanol–water partition coefficient (Wildman–Crippen LogP) is 4.43. The van der Waals surface area contributed by atoms with Gasteiger partial charge in [-0.15, -0.1) is 0 Å². The van der Waals surface area contributed by atoms with E-state index in [-0.39, 0.29) is 0 Å². The minimum absolute atomic E-state index is 0.586. The summed E-state index contributed by atoms with van der Waals surface area (Å²) in [5, 5.41) is 2.30. The van der Waals surface area contributed by atoms with Crippen molar-refractivity contribution in [1.82, 2.24) is 0 Å². The van der Waals surface area contributed by atoms with E-state index in [1.54, 1.807) is 7.11 Å². The van der Waals surface area contributed by atoms with Crippen LogP contribution < -0.4 is 9.47 Å². The second-order valence-electron chi connectivity index (χ2n) is 4.65. The molecule has 0 aliphatic carbocycles. The monoisotopic (exact) mass is 264 g/mol. The third-order valence-electron chi connectivity index (χ3n) is 3.27. The van der Waals surface area contributed by atoms with Crippen LogP contribution in [0.25, 0.3) is 10.8 Å². The zero-order chi connectivity index (χ0) is 13.8. The van der Waals surface area contributed by atoms with Gasteiger partial charge in [0.15, 0.2) is 0 Å². The summed E-state index contributed by atoms with van der Waals surface area (Å²) in [5.74, 6) is 1.75. The molecule has 0 aromatic heterocycles. The average molecular weight is 264 g/mol. The highest BCUT2D eigenvalue weighted by Gasteiger charge is 2.00. The Kier molecular flexibility index (Phi) is 3.55. The van der Waals surface area contributed by atoms with Crippen molar-refractivity contribution in [3.05, 3.63) is 72.3 Å². The van der Waals surface area contributed by atoms with Crippen LogP contribution >= 0.6 is 0 Å². The smallest absolute Gasteiger partial charge is 0.120 e. The molecule has 0 heterocycles. The maximum Gasteiger partial charge on any atom is 0.120 e. The van der Waals surface area contributed by atoms with Gasteiger partial charge in [-0.05, 0) is 40.6 Å². The third kappa shape index (κ3) is 2.75. The molecule has 0 spiro atoms. The fourth-order valence-electron chi connectivity index (χ4n) is 2.16. The number of rotatable bonds is 4. The van der Waals surface area contributed by atoms with E-state index in [4.69, 9.17) is 9.47 Å². The predicted molar refractivity (Wildman–Crippen MR) is 81.3 cm³/mol. The highest BCUT2D eigenvalue weighted by molar-refractivity contribution is 5.85. The second-order valence-corrected chi connectivity index (χ2v) is 4.65. The quantitative estimate of drug-likeness (QED) is 0.694. The molecular weight excluding hydrogens is 248 g/mol. The van der Waals surface area contributed by atoms with Crippen LogP contribution in [0.15, 0.2) is 66.7 Å². The first-order chi connectivity index (χ1) is 9.85. The Morgan fingerprint density at radius 2 is 1.40 bits per heavy atom. The maximum absolute atomic E-state index is 5.83. The fourth-order valence-corrected chi connectivity index (χ4v) is 2.16. The Morgan fingerprint density at radius 3 is 2.10 bits per heavy atom. The summed E-state index contributed by atoms with van der Waals surface area (Å²) < 4.78 is 11.1. The molecule has 3 aromatic rings. The SMILES string of the molecule is COc1ccc2cc(OCc3ccccc3)ccc2c1. The van der Waals surface area contributed by atoms with Gasteiger partial charge in [-0.25, -0.2) is 0 Å². The van der Waals surface area contributed by atoms with Gasteiger partial charge in [0.05, 0.1) is 7.11 Å². The molecule has 3 aromatic carbocycles. The lowest BCUT2D eigenvalue weighted by Crippen LogP contribution is -1.94. The average Bonchev–Trinajstić information content (AvgIpc) is 2.53. The summed E-state index contributed by atoms with van der Waals surface area (Å²) in [6, 6.07) is 22.3. The van der Waals surface area contributed by atoms with E-state index in [1.165, 1.54) is 5.56 Å². The lowest BCUT2D eigenvalue weighted by molar-refractivity contribution is 0.306. The lowest BCUT2D eigenvalue weighted by atomic mass is 10.1. The number of fused-ring (bicyclic) bond motifs is 1. The lowest BCUT2D eigenvalue weighted by Gasteiger charge is -2.08. The van der Waals surface area contributed by atoms with E-state index < -0.39 is 0 Å². The molecule has 0 bridgehead atoms. The number of hydrogen-bond acceptors (Lipinski definition) is 2. The zero-order valence-corrected chi connectivity index (χ0v) is 11.4. The highest BCUT2D eigenvalue weighted by Crippen LogP contribution is 2.25. The summed E-state index contributed by atoms with van der Waals surface area (Å²) in [4.78, 5) is 0. The molecule has 0 atom stereocenters. The Bertz CT molecular complexity index is 705. The van der Waals surface area contributed by atoms with Crippen LogP contribution in [0.4, 0.5) is 0 Å². The van der Waals surface area contributed by atoms with E-state index in [2.05, 4.69) is 24.3 Å². The normalized spacial score (nSPS) is 10.4. The molecule has 0 amide bonds. The van der Waals surface area contributed by atoms with Gasteiger partial charge in [-0.3, -0.25) is 0 Å². The van der Waals surface area contributed by atoms with Gasteiger partial charge in [-0.2, -0.15) is 0 Å². The summed E-state index contributed by atoms with van der Waals surface area (Å²) in [6.45, 7) is 0.586. The van der Waals surface area contributed by atoms with E-state index in [0.717, 1.165) is 22.3 Å². The molecule has 2 nitrogen and oxygen atoms in total. The van der Waals surface area contributed by atoms with Gasteiger partial charge in [0.25, 0.3) is 0 Å². The van der Waals surface area contributed by atoms with Gasteiger partial charge >= 0.3 is 0 Å². The van der Waals surface area contributed by atoms with Gasteiger partial charge in [0, 0.05) is 0 Å². The van der Waals surface area contributed by atoms with E-state index in [9.17, 15) is 0 Å². The number of benzene rings is 3. The van der Waals surface area contributed by atoms with Gasteiger partial charge in [-0.1, -0.05) is 42.5 Å². The highest BCUT2D eigenvalue weighted by atomic mass is 16.5. The Balaban J connectivity index is 1.79. The Labute approximate surface area is 118 Å². The van der Waals surface area contributed by atoms with E-state index in [0.29, 0.717) is 6.61 Å². The van der Waals surface area contributed by atoms with Crippen molar-refractivity contribution in [3.8, 4) is 11.5 Å². The van der Waals surface area contributed by atoms with Crippen molar-refractivity contribution in [1.29, 1.82) is 0 Å². The molecule has 100 valence electrons. The molecule has 0 saturated heterocycles. The molecule has 0 fully saturated rings. The van der Waals surface area contributed by atoms with Crippen LogP contribution in [0.1, 0.15) is 5.56 Å². The summed E-state index contributed by atoms with van der Waals surface area (Å²) in [6.07, 6.45) is 0. The number of ether oxygens (including phenoxy) is 2. The summed E-state index contributed by atoms with van der Waals surface area (Å²) in [5.41, 5.74) is 1.17. The molecule has 2 heteroatoms. The van der Waals surface area contributed by atoms with Crippen molar-refractivity contribution in [2.24, 2.45) is 0 Å². The van der Waals surface area contributed by atoms with Crippen molar-refractivity contribution in [2.75, 3.05) is 7.11 Å². The first-order valence-corrected chi connectivity index (χ1v) is 6.60. The van der Waals surface area contributed by atoms with Gasteiger partial charge < -0.3 is 9.47 Å². The second kappa shape index (κ2) is 5.66. The Hall–Kier alpha value is -2.48. The molecule has 0 saturated carbocycles. The van der Waals surface area contributed by atoms with Crippen LogP contribution in [-0.4, -0.2) is 7.11 Å². The van der Waals surface area contributed by atoms with Crippen LogP contribution in [0.3, 0.4) is 0 Å². The van der Waals surface area contributed by atoms with Crippen molar-refractivity contribution in [3.63, 3.8) is 0 Å². The zero-order valence-electron chi connectivity index (χ0n) is 11.4. The van der Waals surface area contributed by atoms with Crippen molar-refractivity contribution < 1.29 is 9.47 Å². The number of methoxy groups -OCH3 is 1. The molecule has 0 N–H and O–H groups in total.